The van der Waals surface area contributed by atoms with Gasteiger partial charge >= 0.3 is 0 Å². The molecule has 1 saturated heterocycles. The third-order valence-corrected chi connectivity index (χ3v) is 4.06. The number of hydrogen-bond donors (Lipinski definition) is 0. The minimum atomic E-state index is -0.476. The van der Waals surface area contributed by atoms with Crippen molar-refractivity contribution in [3.05, 3.63) is 0 Å². The van der Waals surface area contributed by atoms with Crippen LogP contribution in [0.5, 0.6) is 0 Å². The van der Waals surface area contributed by atoms with E-state index in [4.69, 9.17) is 5.73 Å². The van der Waals surface area contributed by atoms with Gasteiger partial charge in [-0.25, -0.2) is 5.73 Å². The van der Waals surface area contributed by atoms with Crippen molar-refractivity contribution >= 4 is 5.91 Å². The number of nitrogens with zero attached hydrogens (tertiary/aromatic N) is 1. The standard InChI is InChI=1S/C13H23N2O/c14-12(11-7-3-1-2-4-8-11)13(16)15-9-5-6-10-15/h11-12,14H,1-10H2. The summed E-state index contributed by atoms with van der Waals surface area (Å²) in [4.78, 5) is 14.0. The highest BCUT2D eigenvalue weighted by Gasteiger charge is 2.30. The molecule has 2 aliphatic rings. The number of hydrogen-bond acceptors (Lipinski definition) is 1. The number of amides is 1. The molecule has 1 atom stereocenters. The maximum atomic E-state index is 12.1. The van der Waals surface area contributed by atoms with Crippen LogP contribution in [0.1, 0.15) is 51.4 Å². The van der Waals surface area contributed by atoms with E-state index in [0.29, 0.717) is 5.92 Å². The van der Waals surface area contributed by atoms with Gasteiger partial charge in [0.15, 0.2) is 0 Å². The molecular formula is C13H23N2O. The van der Waals surface area contributed by atoms with Crippen LogP contribution >= 0.6 is 0 Å². The highest BCUT2D eigenvalue weighted by molar-refractivity contribution is 5.82. The SMILES string of the molecule is [NH]C(C(=O)N1CCCC1)C1CCCCCC1. The summed E-state index contributed by atoms with van der Waals surface area (Å²) in [6, 6.07) is -0.476. The molecule has 0 aromatic heterocycles. The predicted octanol–water partition coefficient (Wildman–Crippen LogP) is 2.23. The van der Waals surface area contributed by atoms with Crippen LogP contribution in [0.15, 0.2) is 0 Å². The number of nitrogens with one attached hydrogen (secondary N) is 1. The monoisotopic (exact) mass is 223 g/mol. The van der Waals surface area contributed by atoms with Crippen LogP contribution in [0.3, 0.4) is 0 Å². The molecule has 0 spiro atoms. The van der Waals surface area contributed by atoms with E-state index in [1.165, 1.54) is 25.7 Å². The number of carbonyl (C=O) groups excluding carboxylic acids is 1. The molecule has 1 heterocycles. The Balaban J connectivity index is 1.88. The topological polar surface area (TPSA) is 44.1 Å². The van der Waals surface area contributed by atoms with Crippen LogP contribution in [-0.2, 0) is 4.79 Å². The van der Waals surface area contributed by atoms with Gasteiger partial charge in [-0.2, -0.15) is 0 Å². The second-order valence-electron chi connectivity index (χ2n) is 5.26. The van der Waals surface area contributed by atoms with E-state index in [9.17, 15) is 4.79 Å². The maximum Gasteiger partial charge on any atom is 0.241 e. The third-order valence-electron chi connectivity index (χ3n) is 4.06. The first-order chi connectivity index (χ1) is 7.79. The Labute approximate surface area is 98.4 Å². The molecule has 1 radical (unpaired) electrons. The molecule has 1 aliphatic heterocycles. The second kappa shape index (κ2) is 5.67. The molecule has 0 aromatic carbocycles. The van der Waals surface area contributed by atoms with Crippen LogP contribution in [0.2, 0.25) is 0 Å². The average Bonchev–Trinajstić information content (AvgIpc) is 2.70. The fraction of sp³-hybridized carbons (Fsp3) is 0.923. The van der Waals surface area contributed by atoms with Crippen molar-refractivity contribution in [1.29, 1.82) is 0 Å². The smallest absolute Gasteiger partial charge is 0.241 e. The van der Waals surface area contributed by atoms with Crippen LogP contribution in [0.25, 0.3) is 0 Å². The molecule has 3 heteroatoms. The first-order valence-electron chi connectivity index (χ1n) is 6.79. The van der Waals surface area contributed by atoms with Crippen LogP contribution in [0, 0.1) is 5.92 Å². The summed E-state index contributed by atoms with van der Waals surface area (Å²) in [6.45, 7) is 1.78. The second-order valence-corrected chi connectivity index (χ2v) is 5.26. The predicted molar refractivity (Wildman–Crippen MR) is 63.9 cm³/mol. The molecule has 0 aromatic rings. The quantitative estimate of drug-likeness (QED) is 0.662. The van der Waals surface area contributed by atoms with Gasteiger partial charge in [0.1, 0.15) is 6.04 Å². The largest absolute Gasteiger partial charge is 0.341 e. The van der Waals surface area contributed by atoms with Gasteiger partial charge in [0.05, 0.1) is 0 Å². The Kier molecular flexibility index (Phi) is 4.22. The van der Waals surface area contributed by atoms with Gasteiger partial charge in [-0.15, -0.1) is 0 Å². The number of rotatable bonds is 2. The van der Waals surface area contributed by atoms with Crippen molar-refractivity contribution in [2.75, 3.05) is 13.1 Å². The third kappa shape index (κ3) is 2.76. The highest BCUT2D eigenvalue weighted by Crippen LogP contribution is 2.26. The zero-order valence-electron chi connectivity index (χ0n) is 10.1. The molecule has 2 rings (SSSR count). The van der Waals surface area contributed by atoms with E-state index in [1.54, 1.807) is 0 Å². The van der Waals surface area contributed by atoms with Gasteiger partial charge in [-0.05, 0) is 31.6 Å². The summed E-state index contributed by atoms with van der Waals surface area (Å²) >= 11 is 0. The Morgan fingerprint density at radius 3 is 2.12 bits per heavy atom. The molecule has 0 bridgehead atoms. The molecule has 1 unspecified atom stereocenters. The summed E-state index contributed by atoms with van der Waals surface area (Å²) in [5.41, 5.74) is 8.14. The Morgan fingerprint density at radius 1 is 1.00 bits per heavy atom. The van der Waals surface area contributed by atoms with Crippen LogP contribution < -0.4 is 5.73 Å². The summed E-state index contributed by atoms with van der Waals surface area (Å²) in [6.07, 6.45) is 9.46. The van der Waals surface area contributed by atoms with E-state index in [1.807, 2.05) is 4.90 Å². The van der Waals surface area contributed by atoms with Gasteiger partial charge in [0.25, 0.3) is 0 Å². The molecule has 1 saturated carbocycles. The van der Waals surface area contributed by atoms with Gasteiger partial charge in [-0.3, -0.25) is 4.79 Å². The molecule has 91 valence electrons. The first-order valence-corrected chi connectivity index (χ1v) is 6.79. The lowest BCUT2D eigenvalue weighted by Gasteiger charge is -2.25. The van der Waals surface area contributed by atoms with Crippen molar-refractivity contribution in [2.45, 2.75) is 57.4 Å². The first kappa shape index (κ1) is 11.9. The summed E-state index contributed by atoms with van der Waals surface area (Å²) in [7, 11) is 0. The molecule has 3 nitrogen and oxygen atoms in total. The van der Waals surface area contributed by atoms with Crippen LogP contribution in [0.4, 0.5) is 0 Å². The van der Waals surface area contributed by atoms with Crippen molar-refractivity contribution < 1.29 is 4.79 Å². The normalized spacial score (nSPS) is 25.4. The minimum Gasteiger partial charge on any atom is -0.341 e. The van der Waals surface area contributed by atoms with Gasteiger partial charge in [0.2, 0.25) is 5.91 Å². The Morgan fingerprint density at radius 2 is 1.56 bits per heavy atom. The molecule has 1 N–H and O–H groups in total. The van der Waals surface area contributed by atoms with E-state index >= 15 is 0 Å². The molecule has 1 aliphatic carbocycles. The van der Waals surface area contributed by atoms with Gasteiger partial charge in [-0.1, -0.05) is 25.7 Å². The lowest BCUT2D eigenvalue weighted by atomic mass is 9.91. The summed E-state index contributed by atoms with van der Waals surface area (Å²) in [5, 5.41) is 0. The maximum absolute atomic E-state index is 12.1. The van der Waals surface area contributed by atoms with Crippen molar-refractivity contribution in [3.63, 3.8) is 0 Å². The lowest BCUT2D eigenvalue weighted by Crippen LogP contribution is -2.42. The van der Waals surface area contributed by atoms with E-state index in [2.05, 4.69) is 0 Å². The summed E-state index contributed by atoms with van der Waals surface area (Å²) < 4.78 is 0. The zero-order chi connectivity index (χ0) is 11.4. The Hall–Kier alpha value is -0.570. The van der Waals surface area contributed by atoms with Crippen molar-refractivity contribution in [1.82, 2.24) is 10.6 Å². The van der Waals surface area contributed by atoms with E-state index in [-0.39, 0.29) is 5.91 Å². The number of carbonyl (C=O) groups is 1. The number of likely N-dealkylation sites (tertiary alicyclic amines) is 1. The lowest BCUT2D eigenvalue weighted by molar-refractivity contribution is -0.133. The Bertz CT molecular complexity index is 228. The van der Waals surface area contributed by atoms with Crippen molar-refractivity contribution in [3.8, 4) is 0 Å². The fourth-order valence-corrected chi connectivity index (χ4v) is 2.98. The summed E-state index contributed by atoms with van der Waals surface area (Å²) in [5.74, 6) is 0.431. The minimum absolute atomic E-state index is 0.101. The zero-order valence-corrected chi connectivity index (χ0v) is 10.1. The van der Waals surface area contributed by atoms with Crippen LogP contribution in [-0.4, -0.2) is 29.9 Å². The molecule has 2 fully saturated rings. The van der Waals surface area contributed by atoms with Gasteiger partial charge in [0, 0.05) is 13.1 Å². The molecule has 16 heavy (non-hydrogen) atoms. The van der Waals surface area contributed by atoms with E-state index < -0.39 is 6.04 Å². The fourth-order valence-electron chi connectivity index (χ4n) is 2.98. The van der Waals surface area contributed by atoms with Gasteiger partial charge < -0.3 is 4.90 Å². The highest BCUT2D eigenvalue weighted by atomic mass is 16.2. The molecule has 1 amide bonds. The van der Waals surface area contributed by atoms with E-state index in [0.717, 1.165) is 38.8 Å². The van der Waals surface area contributed by atoms with Crippen molar-refractivity contribution in [2.24, 2.45) is 5.92 Å². The average molecular weight is 223 g/mol. The molecular weight excluding hydrogens is 200 g/mol.